The Morgan fingerprint density at radius 1 is 1.25 bits per heavy atom. The van der Waals surface area contributed by atoms with E-state index in [1.807, 2.05) is 0 Å². The monoisotopic (exact) mass is 227 g/mol. The maximum absolute atomic E-state index is 12.1. The van der Waals surface area contributed by atoms with Gasteiger partial charge in [0.25, 0.3) is 5.91 Å². The van der Waals surface area contributed by atoms with Gasteiger partial charge >= 0.3 is 0 Å². The Kier molecular flexibility index (Phi) is 3.82. The number of carbonyl (C=O) groups is 1. The van der Waals surface area contributed by atoms with Crippen LogP contribution in [-0.2, 0) is 9.53 Å². The van der Waals surface area contributed by atoms with Crippen LogP contribution < -0.4 is 0 Å². The Labute approximate surface area is 96.6 Å². The van der Waals surface area contributed by atoms with Gasteiger partial charge in [-0.15, -0.1) is 0 Å². The van der Waals surface area contributed by atoms with Crippen LogP contribution in [0.5, 0.6) is 0 Å². The van der Waals surface area contributed by atoms with Crippen molar-refractivity contribution >= 4 is 5.91 Å². The Hall–Kier alpha value is -0.610. The lowest BCUT2D eigenvalue weighted by Crippen LogP contribution is -2.49. The maximum Gasteiger partial charge on any atom is 0.251 e. The summed E-state index contributed by atoms with van der Waals surface area (Å²) in [6, 6.07) is -0.00884. The third-order valence-corrected chi connectivity index (χ3v) is 3.74. The minimum Gasteiger partial charge on any atom is -0.391 e. The molecule has 0 radical (unpaired) electrons. The number of amides is 1. The predicted molar refractivity (Wildman–Crippen MR) is 60.0 cm³/mol. The van der Waals surface area contributed by atoms with Crippen molar-refractivity contribution in [1.29, 1.82) is 0 Å². The van der Waals surface area contributed by atoms with E-state index < -0.39 is 0 Å². The summed E-state index contributed by atoms with van der Waals surface area (Å²) >= 11 is 0. The first-order valence-corrected chi connectivity index (χ1v) is 6.26. The molecular weight excluding hydrogens is 206 g/mol. The van der Waals surface area contributed by atoms with E-state index in [-0.39, 0.29) is 24.2 Å². The molecule has 1 aliphatic carbocycles. The second kappa shape index (κ2) is 5.15. The van der Waals surface area contributed by atoms with Crippen molar-refractivity contribution in [2.24, 2.45) is 0 Å². The van der Waals surface area contributed by atoms with E-state index in [1.165, 1.54) is 0 Å². The molecule has 0 aromatic carbocycles. The Morgan fingerprint density at radius 3 is 2.62 bits per heavy atom. The van der Waals surface area contributed by atoms with E-state index in [0.29, 0.717) is 6.61 Å². The highest BCUT2D eigenvalue weighted by Gasteiger charge is 2.34. The molecule has 16 heavy (non-hydrogen) atoms. The summed E-state index contributed by atoms with van der Waals surface area (Å²) in [7, 11) is 1.79. The van der Waals surface area contributed by atoms with Crippen LogP contribution in [-0.4, -0.2) is 47.8 Å². The van der Waals surface area contributed by atoms with Crippen LogP contribution >= 0.6 is 0 Å². The van der Waals surface area contributed by atoms with Crippen LogP contribution in [0.2, 0.25) is 0 Å². The third-order valence-electron chi connectivity index (χ3n) is 3.74. The van der Waals surface area contributed by atoms with E-state index in [9.17, 15) is 9.90 Å². The number of rotatable bonds is 2. The second-order valence-corrected chi connectivity index (χ2v) is 4.87. The van der Waals surface area contributed by atoms with Gasteiger partial charge in [-0.3, -0.25) is 4.79 Å². The fourth-order valence-corrected chi connectivity index (χ4v) is 2.71. The van der Waals surface area contributed by atoms with Gasteiger partial charge in [-0.2, -0.15) is 0 Å². The van der Waals surface area contributed by atoms with Crippen molar-refractivity contribution in [2.45, 2.75) is 56.8 Å². The number of hydrogen-bond donors (Lipinski definition) is 1. The van der Waals surface area contributed by atoms with Crippen molar-refractivity contribution in [1.82, 2.24) is 4.90 Å². The van der Waals surface area contributed by atoms with E-state index in [2.05, 4.69) is 0 Å². The van der Waals surface area contributed by atoms with Crippen LogP contribution in [0.25, 0.3) is 0 Å². The summed E-state index contributed by atoms with van der Waals surface area (Å²) in [6.07, 6.45) is 5.07. The molecule has 92 valence electrons. The molecule has 4 heteroatoms. The van der Waals surface area contributed by atoms with Gasteiger partial charge in [0.15, 0.2) is 0 Å². The molecule has 0 bridgehead atoms. The van der Waals surface area contributed by atoms with Gasteiger partial charge in [-0.05, 0) is 25.7 Å². The van der Waals surface area contributed by atoms with Crippen molar-refractivity contribution in [3.8, 4) is 0 Å². The zero-order valence-electron chi connectivity index (χ0n) is 9.89. The summed E-state index contributed by atoms with van der Waals surface area (Å²) in [4.78, 5) is 13.8. The molecule has 2 rings (SSSR count). The van der Waals surface area contributed by atoms with Crippen LogP contribution in [0.3, 0.4) is 0 Å². The molecule has 2 fully saturated rings. The molecule has 1 saturated carbocycles. The molecule has 1 aliphatic heterocycles. The van der Waals surface area contributed by atoms with Crippen molar-refractivity contribution < 1.29 is 14.6 Å². The lowest BCUT2D eigenvalue weighted by atomic mass is 9.91. The molecule has 1 saturated heterocycles. The topological polar surface area (TPSA) is 49.8 Å². The summed E-state index contributed by atoms with van der Waals surface area (Å²) in [6.45, 7) is 0.692. The van der Waals surface area contributed by atoms with Gasteiger partial charge in [0, 0.05) is 13.7 Å². The fraction of sp³-hybridized carbons (Fsp3) is 0.917. The minimum atomic E-state index is -0.357. The number of hydrogen-bond acceptors (Lipinski definition) is 3. The van der Waals surface area contributed by atoms with Crippen molar-refractivity contribution in [3.63, 3.8) is 0 Å². The molecule has 0 aromatic rings. The number of aliphatic hydroxyl groups is 1. The quantitative estimate of drug-likeness (QED) is 0.763. The predicted octanol–water partition coefficient (Wildman–Crippen LogP) is 0.927. The minimum absolute atomic E-state index is 0.00884. The zero-order chi connectivity index (χ0) is 11.5. The molecule has 1 N–H and O–H groups in total. The van der Waals surface area contributed by atoms with Crippen molar-refractivity contribution in [2.75, 3.05) is 13.7 Å². The average Bonchev–Trinajstić information content (AvgIpc) is 2.81. The standard InChI is InChI=1S/C12H21NO3/c1-13(9-5-2-3-6-10(9)14)12(15)11-7-4-8-16-11/h9-11,14H,2-8H2,1H3/t9?,10?,11-/m0/s1. The largest absolute Gasteiger partial charge is 0.391 e. The lowest BCUT2D eigenvalue weighted by Gasteiger charge is -2.36. The highest BCUT2D eigenvalue weighted by Crippen LogP contribution is 2.24. The van der Waals surface area contributed by atoms with E-state index >= 15 is 0 Å². The molecule has 0 spiro atoms. The summed E-state index contributed by atoms with van der Waals surface area (Å²) in [5.41, 5.74) is 0. The van der Waals surface area contributed by atoms with Gasteiger partial charge in [0.05, 0.1) is 12.1 Å². The Morgan fingerprint density at radius 2 is 2.00 bits per heavy atom. The van der Waals surface area contributed by atoms with Crippen molar-refractivity contribution in [3.05, 3.63) is 0 Å². The van der Waals surface area contributed by atoms with Crippen LogP contribution in [0.15, 0.2) is 0 Å². The molecule has 2 unspecified atom stereocenters. The molecule has 3 atom stereocenters. The summed E-state index contributed by atoms with van der Waals surface area (Å²) < 4.78 is 5.39. The number of aliphatic hydroxyl groups excluding tert-OH is 1. The number of ether oxygens (including phenoxy) is 1. The SMILES string of the molecule is CN(C(=O)[C@@H]1CCCO1)C1CCCCC1O. The van der Waals surface area contributed by atoms with Crippen LogP contribution in [0.4, 0.5) is 0 Å². The fourth-order valence-electron chi connectivity index (χ4n) is 2.71. The molecular formula is C12H21NO3. The maximum atomic E-state index is 12.1. The molecule has 1 heterocycles. The van der Waals surface area contributed by atoms with Gasteiger partial charge in [0.1, 0.15) is 6.10 Å². The van der Waals surface area contributed by atoms with Gasteiger partial charge < -0.3 is 14.7 Å². The Balaban J connectivity index is 1.94. The molecule has 2 aliphatic rings. The summed E-state index contributed by atoms with van der Waals surface area (Å²) in [5, 5.41) is 9.90. The van der Waals surface area contributed by atoms with Gasteiger partial charge in [0.2, 0.25) is 0 Å². The van der Waals surface area contributed by atoms with Crippen LogP contribution in [0.1, 0.15) is 38.5 Å². The average molecular weight is 227 g/mol. The summed E-state index contributed by atoms with van der Waals surface area (Å²) in [5.74, 6) is 0.0449. The second-order valence-electron chi connectivity index (χ2n) is 4.87. The van der Waals surface area contributed by atoms with Gasteiger partial charge in [-0.1, -0.05) is 12.8 Å². The highest BCUT2D eigenvalue weighted by atomic mass is 16.5. The first-order valence-electron chi connectivity index (χ1n) is 6.26. The molecule has 1 amide bonds. The Bertz CT molecular complexity index is 251. The number of carbonyl (C=O) groups excluding carboxylic acids is 1. The normalized spacial score (nSPS) is 35.0. The number of nitrogens with zero attached hydrogens (tertiary/aromatic N) is 1. The van der Waals surface area contributed by atoms with E-state index in [1.54, 1.807) is 11.9 Å². The molecule has 0 aromatic heterocycles. The first-order chi connectivity index (χ1) is 7.70. The highest BCUT2D eigenvalue weighted by molar-refractivity contribution is 5.81. The number of likely N-dealkylation sites (N-methyl/N-ethyl adjacent to an activating group) is 1. The third kappa shape index (κ3) is 2.38. The molecule has 4 nitrogen and oxygen atoms in total. The lowest BCUT2D eigenvalue weighted by molar-refractivity contribution is -0.145. The zero-order valence-corrected chi connectivity index (χ0v) is 9.89. The van der Waals surface area contributed by atoms with E-state index in [4.69, 9.17) is 4.74 Å². The van der Waals surface area contributed by atoms with E-state index in [0.717, 1.165) is 38.5 Å². The smallest absolute Gasteiger partial charge is 0.251 e. The first kappa shape index (κ1) is 11.9. The van der Waals surface area contributed by atoms with Crippen LogP contribution in [0, 0.1) is 0 Å². The van der Waals surface area contributed by atoms with Gasteiger partial charge in [-0.25, -0.2) is 0 Å².